The molecule has 0 N–H and O–H groups in total. The average molecular weight is 457 g/mol. The molecule has 176 valence electrons. The third-order valence-corrected chi connectivity index (χ3v) is 5.31. The number of benzene rings is 3. The number of rotatable bonds is 7. The van der Waals surface area contributed by atoms with Crippen LogP contribution < -0.4 is 4.74 Å². The van der Waals surface area contributed by atoms with Crippen LogP contribution in [0.3, 0.4) is 0 Å². The molecule has 0 atom stereocenters. The lowest BCUT2D eigenvalue weighted by atomic mass is 10.0. The van der Waals surface area contributed by atoms with Crippen molar-refractivity contribution in [2.24, 2.45) is 0 Å². The normalized spacial score (nSPS) is 10.4. The summed E-state index contributed by atoms with van der Waals surface area (Å²) in [5.41, 5.74) is 5.30. The SMILES string of the molecule is CCCCC(=O)Oc1c(F)c(C)cc(F)c1F.CCc1ccc(-c2ccc(CC)cc2)cc1. The Kier molecular flexibility index (Phi) is 10.2. The van der Waals surface area contributed by atoms with Crippen molar-refractivity contribution >= 4 is 5.97 Å². The van der Waals surface area contributed by atoms with Crippen LogP contribution >= 0.6 is 0 Å². The van der Waals surface area contributed by atoms with E-state index in [2.05, 4.69) is 67.1 Å². The zero-order valence-corrected chi connectivity index (χ0v) is 19.7. The third kappa shape index (κ3) is 7.48. The van der Waals surface area contributed by atoms with Gasteiger partial charge >= 0.3 is 5.97 Å². The number of esters is 1. The highest BCUT2D eigenvalue weighted by molar-refractivity contribution is 5.72. The van der Waals surface area contributed by atoms with Gasteiger partial charge in [0, 0.05) is 6.42 Å². The Morgan fingerprint density at radius 1 is 0.788 bits per heavy atom. The van der Waals surface area contributed by atoms with Crippen molar-refractivity contribution in [1.29, 1.82) is 0 Å². The van der Waals surface area contributed by atoms with Gasteiger partial charge in [0.1, 0.15) is 0 Å². The van der Waals surface area contributed by atoms with E-state index < -0.39 is 29.2 Å². The first-order valence-electron chi connectivity index (χ1n) is 11.3. The van der Waals surface area contributed by atoms with E-state index in [1.54, 1.807) is 0 Å². The molecule has 0 radical (unpaired) electrons. The Labute approximate surface area is 194 Å². The monoisotopic (exact) mass is 456 g/mol. The summed E-state index contributed by atoms with van der Waals surface area (Å²) in [6.07, 6.45) is 3.56. The Hall–Kier alpha value is -3.08. The first-order valence-corrected chi connectivity index (χ1v) is 11.3. The summed E-state index contributed by atoms with van der Waals surface area (Å²) in [7, 11) is 0. The molecule has 3 rings (SSSR count). The highest BCUT2D eigenvalue weighted by Crippen LogP contribution is 2.27. The Balaban J connectivity index is 0.000000234. The fourth-order valence-corrected chi connectivity index (χ4v) is 3.14. The van der Waals surface area contributed by atoms with Gasteiger partial charge in [0.2, 0.25) is 11.6 Å². The molecule has 0 spiro atoms. The molecule has 0 bridgehead atoms. The van der Waals surface area contributed by atoms with Crippen LogP contribution in [0.2, 0.25) is 0 Å². The molecule has 0 fully saturated rings. The van der Waals surface area contributed by atoms with Crippen molar-refractivity contribution < 1.29 is 22.7 Å². The van der Waals surface area contributed by atoms with Gasteiger partial charge in [0.05, 0.1) is 0 Å². The van der Waals surface area contributed by atoms with Crippen molar-refractivity contribution in [1.82, 2.24) is 0 Å². The van der Waals surface area contributed by atoms with Gasteiger partial charge in [-0.15, -0.1) is 0 Å². The summed E-state index contributed by atoms with van der Waals surface area (Å²) < 4.78 is 44.2. The van der Waals surface area contributed by atoms with Gasteiger partial charge in [0.25, 0.3) is 0 Å². The average Bonchev–Trinajstić information content (AvgIpc) is 2.84. The van der Waals surface area contributed by atoms with Crippen LogP contribution in [0.4, 0.5) is 13.2 Å². The first kappa shape index (κ1) is 26.2. The van der Waals surface area contributed by atoms with Gasteiger partial charge < -0.3 is 4.74 Å². The molecule has 0 aromatic heterocycles. The predicted molar refractivity (Wildman–Crippen MR) is 127 cm³/mol. The summed E-state index contributed by atoms with van der Waals surface area (Å²) in [5, 5.41) is 0. The Morgan fingerprint density at radius 2 is 1.27 bits per heavy atom. The molecule has 3 aromatic rings. The second-order valence-corrected chi connectivity index (χ2v) is 7.81. The van der Waals surface area contributed by atoms with E-state index in [1.807, 2.05) is 6.92 Å². The minimum absolute atomic E-state index is 0.0466. The highest BCUT2D eigenvalue weighted by Gasteiger charge is 2.20. The lowest BCUT2D eigenvalue weighted by Gasteiger charge is -2.08. The van der Waals surface area contributed by atoms with Crippen molar-refractivity contribution in [3.63, 3.8) is 0 Å². The van der Waals surface area contributed by atoms with E-state index in [4.69, 9.17) is 0 Å². The molecule has 0 saturated carbocycles. The van der Waals surface area contributed by atoms with E-state index >= 15 is 0 Å². The maximum atomic E-state index is 13.4. The molecular weight excluding hydrogens is 425 g/mol. The van der Waals surface area contributed by atoms with Gasteiger partial charge in [0.15, 0.2) is 11.6 Å². The summed E-state index contributed by atoms with van der Waals surface area (Å²) >= 11 is 0. The first-order chi connectivity index (χ1) is 15.8. The van der Waals surface area contributed by atoms with Crippen molar-refractivity contribution in [3.8, 4) is 16.9 Å². The zero-order chi connectivity index (χ0) is 24.4. The van der Waals surface area contributed by atoms with Crippen LogP contribution in [0, 0.1) is 24.4 Å². The Morgan fingerprint density at radius 3 is 1.70 bits per heavy atom. The van der Waals surface area contributed by atoms with Crippen LogP contribution in [0.5, 0.6) is 5.75 Å². The van der Waals surface area contributed by atoms with Crippen LogP contribution in [0.15, 0.2) is 54.6 Å². The molecule has 2 nitrogen and oxygen atoms in total. The summed E-state index contributed by atoms with van der Waals surface area (Å²) in [4.78, 5) is 11.2. The molecule has 0 heterocycles. The quantitative estimate of drug-likeness (QED) is 0.205. The molecule has 3 aromatic carbocycles. The van der Waals surface area contributed by atoms with Crippen molar-refractivity contribution in [2.45, 2.75) is 59.8 Å². The number of carbonyl (C=O) groups is 1. The number of ether oxygens (including phenoxy) is 1. The van der Waals surface area contributed by atoms with Gasteiger partial charge in [-0.2, -0.15) is 4.39 Å². The van der Waals surface area contributed by atoms with Crippen LogP contribution in [0.1, 0.15) is 56.7 Å². The van der Waals surface area contributed by atoms with Crippen LogP contribution in [0.25, 0.3) is 11.1 Å². The molecule has 0 amide bonds. The van der Waals surface area contributed by atoms with Gasteiger partial charge in [-0.25, -0.2) is 8.78 Å². The summed E-state index contributed by atoms with van der Waals surface area (Å²) in [6.45, 7) is 7.50. The number of aryl methyl sites for hydroxylation is 3. The number of carbonyl (C=O) groups excluding carboxylic acids is 1. The smallest absolute Gasteiger partial charge is 0.311 e. The van der Waals surface area contributed by atoms with Crippen molar-refractivity contribution in [2.75, 3.05) is 0 Å². The molecule has 0 saturated heterocycles. The minimum atomic E-state index is -1.47. The summed E-state index contributed by atoms with van der Waals surface area (Å²) in [5.74, 6) is -5.48. The number of hydrogen-bond donors (Lipinski definition) is 0. The Bertz CT molecular complexity index is 970. The number of halogens is 3. The zero-order valence-electron chi connectivity index (χ0n) is 19.7. The predicted octanol–water partition coefficient (Wildman–Crippen LogP) is 7.99. The topological polar surface area (TPSA) is 26.3 Å². The lowest BCUT2D eigenvalue weighted by molar-refractivity contribution is -0.134. The van der Waals surface area contributed by atoms with Crippen LogP contribution in [-0.4, -0.2) is 5.97 Å². The standard InChI is InChI=1S/C16H18.C12H13F3O2/c1-3-13-5-9-15(10-6-13)16-11-7-14(4-2)8-12-16;1-3-4-5-9(16)17-12-10(14)7(2)6-8(13)11(12)15/h5-12H,3-4H2,1-2H3;6H,3-5H2,1-2H3. The number of hydrogen-bond acceptors (Lipinski definition) is 2. The highest BCUT2D eigenvalue weighted by atomic mass is 19.2. The number of unbranched alkanes of at least 4 members (excludes halogenated alkanes) is 1. The molecule has 0 aliphatic carbocycles. The van der Waals surface area contributed by atoms with E-state index in [9.17, 15) is 18.0 Å². The van der Waals surface area contributed by atoms with Crippen LogP contribution in [-0.2, 0) is 17.6 Å². The van der Waals surface area contributed by atoms with E-state index in [0.717, 1.165) is 19.3 Å². The van der Waals surface area contributed by atoms with Gasteiger partial charge in [-0.1, -0.05) is 75.7 Å². The third-order valence-electron chi connectivity index (χ3n) is 5.31. The molecule has 0 aliphatic heterocycles. The maximum absolute atomic E-state index is 13.4. The molecular formula is C28H31F3O2. The second kappa shape index (κ2) is 12.8. The molecule has 5 heteroatoms. The fourth-order valence-electron chi connectivity index (χ4n) is 3.14. The lowest BCUT2D eigenvalue weighted by Crippen LogP contribution is -2.11. The molecule has 0 aliphatic rings. The van der Waals surface area contributed by atoms with Gasteiger partial charge in [-0.3, -0.25) is 4.79 Å². The van der Waals surface area contributed by atoms with Gasteiger partial charge in [-0.05, 0) is 60.1 Å². The van der Waals surface area contributed by atoms with E-state index in [1.165, 1.54) is 29.2 Å². The maximum Gasteiger partial charge on any atom is 0.311 e. The van der Waals surface area contributed by atoms with Crippen molar-refractivity contribution in [3.05, 3.63) is 88.7 Å². The molecule has 0 unspecified atom stereocenters. The largest absolute Gasteiger partial charge is 0.420 e. The van der Waals surface area contributed by atoms with E-state index in [-0.39, 0.29) is 12.0 Å². The molecule has 33 heavy (non-hydrogen) atoms. The minimum Gasteiger partial charge on any atom is -0.420 e. The fraction of sp³-hybridized carbons (Fsp3) is 0.321. The van der Waals surface area contributed by atoms with E-state index in [0.29, 0.717) is 12.5 Å². The summed E-state index contributed by atoms with van der Waals surface area (Å²) in [6, 6.07) is 18.4. The second-order valence-electron chi connectivity index (χ2n) is 7.81.